The molecule has 3 heteroatoms. The normalized spacial score (nSPS) is 14.9. The fraction of sp³-hybridized carbons (Fsp3) is 0.583. The van der Waals surface area contributed by atoms with Crippen molar-refractivity contribution in [2.45, 2.75) is 38.8 Å². The molecule has 0 bridgehead atoms. The van der Waals surface area contributed by atoms with Gasteiger partial charge in [0.05, 0.1) is 11.8 Å². The maximum atomic E-state index is 9.23. The summed E-state index contributed by atoms with van der Waals surface area (Å²) in [5.41, 5.74) is 1.06. The van der Waals surface area contributed by atoms with Crippen molar-refractivity contribution in [3.8, 4) is 0 Å². The van der Waals surface area contributed by atoms with Crippen molar-refractivity contribution in [2.24, 2.45) is 0 Å². The van der Waals surface area contributed by atoms with Crippen LogP contribution in [-0.2, 0) is 0 Å². The van der Waals surface area contributed by atoms with E-state index in [0.29, 0.717) is 6.54 Å². The third kappa shape index (κ3) is 4.40. The van der Waals surface area contributed by atoms with Gasteiger partial charge in [-0.05, 0) is 25.5 Å². The summed E-state index contributed by atoms with van der Waals surface area (Å²) in [7, 11) is 0. The maximum Gasteiger partial charge on any atom is 0.0636 e. The van der Waals surface area contributed by atoms with Crippen LogP contribution in [0.15, 0.2) is 24.4 Å². The van der Waals surface area contributed by atoms with E-state index in [4.69, 9.17) is 0 Å². The van der Waals surface area contributed by atoms with Gasteiger partial charge in [-0.2, -0.15) is 0 Å². The predicted molar refractivity (Wildman–Crippen MR) is 61.6 cm³/mol. The van der Waals surface area contributed by atoms with Crippen molar-refractivity contribution in [1.82, 2.24) is 10.3 Å². The van der Waals surface area contributed by atoms with Crippen LogP contribution in [0.25, 0.3) is 0 Å². The van der Waals surface area contributed by atoms with Crippen LogP contribution in [0.4, 0.5) is 0 Å². The van der Waals surface area contributed by atoms with Crippen molar-refractivity contribution in [3.63, 3.8) is 0 Å². The van der Waals surface area contributed by atoms with Gasteiger partial charge >= 0.3 is 0 Å². The summed E-state index contributed by atoms with van der Waals surface area (Å²) in [4.78, 5) is 4.33. The smallest absolute Gasteiger partial charge is 0.0636 e. The molecule has 1 aromatic heterocycles. The molecule has 0 aromatic carbocycles. The molecule has 0 fully saturated rings. The van der Waals surface area contributed by atoms with E-state index in [1.165, 1.54) is 0 Å². The number of hydrogen-bond acceptors (Lipinski definition) is 3. The molecular weight excluding hydrogens is 188 g/mol. The maximum absolute atomic E-state index is 9.23. The van der Waals surface area contributed by atoms with Gasteiger partial charge in [0.25, 0.3) is 0 Å². The van der Waals surface area contributed by atoms with Gasteiger partial charge in [0, 0.05) is 18.8 Å². The van der Waals surface area contributed by atoms with Gasteiger partial charge < -0.3 is 10.4 Å². The molecule has 1 aromatic rings. The molecule has 84 valence electrons. The van der Waals surface area contributed by atoms with Gasteiger partial charge in [-0.25, -0.2) is 0 Å². The Morgan fingerprint density at radius 3 is 2.80 bits per heavy atom. The van der Waals surface area contributed by atoms with Gasteiger partial charge in [-0.15, -0.1) is 0 Å². The topological polar surface area (TPSA) is 45.1 Å². The molecule has 0 aliphatic rings. The Morgan fingerprint density at radius 1 is 1.47 bits per heavy atom. The Labute approximate surface area is 91.5 Å². The molecule has 0 radical (unpaired) electrons. The second-order valence-corrected chi connectivity index (χ2v) is 3.85. The van der Waals surface area contributed by atoms with Crippen LogP contribution < -0.4 is 5.32 Å². The first kappa shape index (κ1) is 12.1. The highest BCUT2D eigenvalue weighted by molar-refractivity contribution is 5.08. The predicted octanol–water partition coefficient (Wildman–Crippen LogP) is 1.89. The van der Waals surface area contributed by atoms with E-state index in [9.17, 15) is 5.11 Å². The summed E-state index contributed by atoms with van der Waals surface area (Å²) in [6, 6.07) is 6.19. The third-order valence-corrected chi connectivity index (χ3v) is 2.28. The lowest BCUT2D eigenvalue weighted by Gasteiger charge is -2.18. The molecule has 15 heavy (non-hydrogen) atoms. The molecule has 1 heterocycles. The highest BCUT2D eigenvalue weighted by atomic mass is 16.3. The van der Waals surface area contributed by atoms with Gasteiger partial charge in [0.15, 0.2) is 0 Å². The number of pyridine rings is 1. The second kappa shape index (κ2) is 6.53. The lowest BCUT2D eigenvalue weighted by atomic mass is 10.1. The largest absolute Gasteiger partial charge is 0.392 e. The first-order valence-electron chi connectivity index (χ1n) is 5.56. The number of aliphatic hydroxyl groups excluding tert-OH is 1. The summed E-state index contributed by atoms with van der Waals surface area (Å²) in [5.74, 6) is 0. The van der Waals surface area contributed by atoms with Gasteiger partial charge in [0.1, 0.15) is 0 Å². The lowest BCUT2D eigenvalue weighted by Crippen LogP contribution is -2.29. The quantitative estimate of drug-likeness (QED) is 0.750. The Balaban J connectivity index is 2.57. The number of nitrogens with zero attached hydrogens (tertiary/aromatic N) is 1. The van der Waals surface area contributed by atoms with Crippen LogP contribution in [-0.4, -0.2) is 22.7 Å². The van der Waals surface area contributed by atoms with Gasteiger partial charge in [-0.1, -0.05) is 19.4 Å². The molecule has 2 atom stereocenters. The summed E-state index contributed by atoms with van der Waals surface area (Å²) in [5, 5.41) is 12.6. The van der Waals surface area contributed by atoms with E-state index in [2.05, 4.69) is 17.2 Å². The Bertz CT molecular complexity index is 262. The minimum Gasteiger partial charge on any atom is -0.392 e. The van der Waals surface area contributed by atoms with E-state index in [-0.39, 0.29) is 12.1 Å². The summed E-state index contributed by atoms with van der Waals surface area (Å²) < 4.78 is 0. The average molecular weight is 208 g/mol. The van der Waals surface area contributed by atoms with E-state index in [1.54, 1.807) is 6.92 Å². The van der Waals surface area contributed by atoms with E-state index >= 15 is 0 Å². The van der Waals surface area contributed by atoms with Crippen LogP contribution in [0.2, 0.25) is 0 Å². The molecule has 3 nitrogen and oxygen atoms in total. The number of aromatic nitrogens is 1. The second-order valence-electron chi connectivity index (χ2n) is 3.85. The first-order valence-corrected chi connectivity index (χ1v) is 5.56. The van der Waals surface area contributed by atoms with Crippen LogP contribution in [0.1, 0.15) is 38.4 Å². The fourth-order valence-electron chi connectivity index (χ4n) is 1.54. The SMILES string of the molecule is CCCC(NCC(C)O)c1ccccn1. The highest BCUT2D eigenvalue weighted by Gasteiger charge is 2.11. The minimum absolute atomic E-state index is 0.255. The summed E-state index contributed by atoms with van der Waals surface area (Å²) >= 11 is 0. The lowest BCUT2D eigenvalue weighted by molar-refractivity contribution is 0.185. The van der Waals surface area contributed by atoms with Crippen molar-refractivity contribution >= 4 is 0 Å². The van der Waals surface area contributed by atoms with E-state index < -0.39 is 0 Å². The molecule has 0 saturated carbocycles. The third-order valence-electron chi connectivity index (χ3n) is 2.28. The zero-order chi connectivity index (χ0) is 11.1. The van der Waals surface area contributed by atoms with E-state index in [1.807, 2.05) is 24.4 Å². The standard InChI is InChI=1S/C12H20N2O/c1-3-6-11(14-9-10(2)15)12-7-4-5-8-13-12/h4-5,7-8,10-11,14-15H,3,6,9H2,1-2H3. The van der Waals surface area contributed by atoms with Crippen LogP contribution in [0, 0.1) is 0 Å². The molecule has 2 unspecified atom stereocenters. The minimum atomic E-state index is -0.312. The van der Waals surface area contributed by atoms with Gasteiger partial charge in [-0.3, -0.25) is 4.98 Å². The number of aliphatic hydroxyl groups is 1. The average Bonchev–Trinajstić information content (AvgIpc) is 2.25. The molecule has 1 rings (SSSR count). The fourth-order valence-corrected chi connectivity index (χ4v) is 1.54. The van der Waals surface area contributed by atoms with Crippen molar-refractivity contribution in [3.05, 3.63) is 30.1 Å². The van der Waals surface area contributed by atoms with E-state index in [0.717, 1.165) is 18.5 Å². The molecular formula is C12H20N2O. The molecule has 0 spiro atoms. The van der Waals surface area contributed by atoms with Crippen LogP contribution in [0.3, 0.4) is 0 Å². The molecule has 0 amide bonds. The number of nitrogens with one attached hydrogen (secondary N) is 1. The van der Waals surface area contributed by atoms with Gasteiger partial charge in [0.2, 0.25) is 0 Å². The molecule has 0 aliphatic heterocycles. The molecule has 0 aliphatic carbocycles. The first-order chi connectivity index (χ1) is 7.24. The Morgan fingerprint density at radius 2 is 2.27 bits per heavy atom. The Hall–Kier alpha value is -0.930. The monoisotopic (exact) mass is 208 g/mol. The van der Waals surface area contributed by atoms with Crippen LogP contribution >= 0.6 is 0 Å². The van der Waals surface area contributed by atoms with Crippen LogP contribution in [0.5, 0.6) is 0 Å². The summed E-state index contributed by atoms with van der Waals surface area (Å²) in [6.45, 7) is 4.55. The van der Waals surface area contributed by atoms with Crippen molar-refractivity contribution in [1.29, 1.82) is 0 Å². The highest BCUT2D eigenvalue weighted by Crippen LogP contribution is 2.15. The zero-order valence-corrected chi connectivity index (χ0v) is 9.48. The zero-order valence-electron chi connectivity index (χ0n) is 9.48. The molecule has 2 N–H and O–H groups in total. The Kier molecular flexibility index (Phi) is 5.29. The number of hydrogen-bond donors (Lipinski definition) is 2. The number of rotatable bonds is 6. The molecule has 0 saturated heterocycles. The summed E-state index contributed by atoms with van der Waals surface area (Å²) in [6.07, 6.45) is 3.65. The van der Waals surface area contributed by atoms with Crippen molar-refractivity contribution in [2.75, 3.05) is 6.54 Å². The van der Waals surface area contributed by atoms with Crippen molar-refractivity contribution < 1.29 is 5.11 Å².